The van der Waals surface area contributed by atoms with Gasteiger partial charge in [-0.3, -0.25) is 4.79 Å². The van der Waals surface area contributed by atoms with Crippen molar-refractivity contribution < 1.29 is 4.79 Å². The lowest BCUT2D eigenvalue weighted by molar-refractivity contribution is -0.117. The first-order valence-electron chi connectivity index (χ1n) is 6.65. The fraction of sp³-hybridized carbons (Fsp3) is 0.286. The molecule has 5 nitrogen and oxygen atoms in total. The molecule has 21 heavy (non-hydrogen) atoms. The van der Waals surface area contributed by atoms with Gasteiger partial charge in [-0.15, -0.1) is 0 Å². The number of hydrogen-bond donors (Lipinski definition) is 2. The maximum atomic E-state index is 12.3. The Hall–Kier alpha value is -1.50. The van der Waals surface area contributed by atoms with E-state index in [2.05, 4.69) is 15.7 Å². The molecule has 1 aromatic heterocycles. The minimum atomic E-state index is -0.173. The minimum absolute atomic E-state index is 0.0436. The zero-order valence-corrected chi connectivity index (χ0v) is 12.8. The number of benzene rings is 1. The first kappa shape index (κ1) is 14.4. The topological polar surface area (TPSA) is 59.0 Å². The van der Waals surface area contributed by atoms with Crippen LogP contribution in [0.3, 0.4) is 0 Å². The van der Waals surface area contributed by atoms with Crippen LogP contribution in [0.4, 0.5) is 5.69 Å². The van der Waals surface area contributed by atoms with Crippen molar-refractivity contribution in [1.29, 1.82) is 0 Å². The molecule has 1 saturated heterocycles. The zero-order valence-electron chi connectivity index (χ0n) is 11.3. The second-order valence-electron chi connectivity index (χ2n) is 4.68. The molecule has 1 atom stereocenters. The molecule has 1 unspecified atom stereocenters. The standard InChI is InChI=1S/C14H15ClN4OS/c15-10-2-3-13(19-6-1-4-17-19)11(8-10)18-14(20)12-9-21-7-5-16-12/h1-4,6,8,12,16H,5,7,9H2,(H,18,20). The van der Waals surface area contributed by atoms with E-state index in [4.69, 9.17) is 11.6 Å². The molecule has 2 N–H and O–H groups in total. The molecule has 0 radical (unpaired) electrons. The number of anilines is 1. The van der Waals surface area contributed by atoms with Gasteiger partial charge in [-0.2, -0.15) is 16.9 Å². The van der Waals surface area contributed by atoms with Gasteiger partial charge in [-0.1, -0.05) is 11.6 Å². The maximum absolute atomic E-state index is 12.3. The predicted molar refractivity (Wildman–Crippen MR) is 86.3 cm³/mol. The number of aromatic nitrogens is 2. The van der Waals surface area contributed by atoms with Crippen molar-refractivity contribution >= 4 is 35.0 Å². The minimum Gasteiger partial charge on any atom is -0.323 e. The normalized spacial score (nSPS) is 18.4. The van der Waals surface area contributed by atoms with Gasteiger partial charge >= 0.3 is 0 Å². The Bertz CT molecular complexity index is 626. The Morgan fingerprint density at radius 2 is 2.43 bits per heavy atom. The van der Waals surface area contributed by atoms with E-state index in [1.54, 1.807) is 34.8 Å². The number of nitrogens with one attached hydrogen (secondary N) is 2. The third-order valence-electron chi connectivity index (χ3n) is 3.21. The highest BCUT2D eigenvalue weighted by Crippen LogP contribution is 2.24. The van der Waals surface area contributed by atoms with Crippen LogP contribution in [-0.4, -0.2) is 39.8 Å². The lowest BCUT2D eigenvalue weighted by Crippen LogP contribution is -2.46. The van der Waals surface area contributed by atoms with Gasteiger partial charge in [0.2, 0.25) is 5.91 Å². The monoisotopic (exact) mass is 322 g/mol. The van der Waals surface area contributed by atoms with Crippen LogP contribution in [0.1, 0.15) is 0 Å². The van der Waals surface area contributed by atoms with E-state index >= 15 is 0 Å². The molecule has 0 saturated carbocycles. The summed E-state index contributed by atoms with van der Waals surface area (Å²) in [5, 5.41) is 10.9. The van der Waals surface area contributed by atoms with Crippen LogP contribution in [0.5, 0.6) is 0 Å². The quantitative estimate of drug-likeness (QED) is 0.909. The highest BCUT2D eigenvalue weighted by atomic mass is 35.5. The summed E-state index contributed by atoms with van der Waals surface area (Å²) in [6.07, 6.45) is 3.52. The van der Waals surface area contributed by atoms with Crippen molar-refractivity contribution in [3.05, 3.63) is 41.7 Å². The zero-order chi connectivity index (χ0) is 14.7. The second-order valence-corrected chi connectivity index (χ2v) is 6.27. The first-order valence-corrected chi connectivity index (χ1v) is 8.19. The molecule has 3 rings (SSSR count). The van der Waals surface area contributed by atoms with Gasteiger partial charge in [0.1, 0.15) is 0 Å². The molecule has 7 heteroatoms. The van der Waals surface area contributed by atoms with Crippen molar-refractivity contribution in [1.82, 2.24) is 15.1 Å². The Labute approximate surface area is 132 Å². The summed E-state index contributed by atoms with van der Waals surface area (Å²) in [6.45, 7) is 0.852. The van der Waals surface area contributed by atoms with Crippen LogP contribution in [0, 0.1) is 0 Å². The molecule has 0 spiro atoms. The number of amides is 1. The molecular formula is C14H15ClN4OS. The lowest BCUT2D eigenvalue weighted by Gasteiger charge is -2.23. The molecule has 2 aromatic rings. The van der Waals surface area contributed by atoms with E-state index in [1.165, 1.54) is 0 Å². The highest BCUT2D eigenvalue weighted by molar-refractivity contribution is 7.99. The second kappa shape index (κ2) is 6.51. The van der Waals surface area contributed by atoms with E-state index < -0.39 is 0 Å². The lowest BCUT2D eigenvalue weighted by atomic mass is 10.2. The smallest absolute Gasteiger partial charge is 0.242 e. The van der Waals surface area contributed by atoms with Gasteiger partial charge in [0.15, 0.2) is 0 Å². The van der Waals surface area contributed by atoms with Crippen molar-refractivity contribution in [3.63, 3.8) is 0 Å². The van der Waals surface area contributed by atoms with Crippen LogP contribution >= 0.6 is 23.4 Å². The summed E-state index contributed by atoms with van der Waals surface area (Å²) in [7, 11) is 0. The molecular weight excluding hydrogens is 308 g/mol. The predicted octanol–water partition coefficient (Wildman–Crippen LogP) is 2.17. The molecule has 2 heterocycles. The number of rotatable bonds is 3. The number of nitrogens with zero attached hydrogens (tertiary/aromatic N) is 2. The SMILES string of the molecule is O=C(Nc1cc(Cl)ccc1-n1cccn1)C1CSCCN1. The largest absolute Gasteiger partial charge is 0.323 e. The summed E-state index contributed by atoms with van der Waals surface area (Å²) in [6, 6.07) is 7.02. The summed E-state index contributed by atoms with van der Waals surface area (Å²) in [4.78, 5) is 12.3. The van der Waals surface area contributed by atoms with Crippen molar-refractivity contribution in [3.8, 4) is 5.69 Å². The summed E-state index contributed by atoms with van der Waals surface area (Å²) >= 11 is 7.83. The number of carbonyl (C=O) groups is 1. The fourth-order valence-electron chi connectivity index (χ4n) is 2.17. The average Bonchev–Trinajstić information content (AvgIpc) is 3.02. The van der Waals surface area contributed by atoms with Crippen molar-refractivity contribution in [2.45, 2.75) is 6.04 Å². The number of hydrogen-bond acceptors (Lipinski definition) is 4. The maximum Gasteiger partial charge on any atom is 0.242 e. The Morgan fingerprint density at radius 3 is 3.14 bits per heavy atom. The van der Waals surface area contributed by atoms with Gasteiger partial charge < -0.3 is 10.6 Å². The molecule has 1 aliphatic rings. The van der Waals surface area contributed by atoms with E-state index in [0.29, 0.717) is 10.7 Å². The Kier molecular flexibility index (Phi) is 4.48. The molecule has 1 amide bonds. The van der Waals surface area contributed by atoms with Crippen molar-refractivity contribution in [2.75, 3.05) is 23.4 Å². The first-order chi connectivity index (χ1) is 10.2. The van der Waals surface area contributed by atoms with E-state index in [1.807, 2.05) is 18.3 Å². The summed E-state index contributed by atoms with van der Waals surface area (Å²) < 4.78 is 1.70. The molecule has 110 valence electrons. The average molecular weight is 323 g/mol. The van der Waals surface area contributed by atoms with E-state index in [0.717, 1.165) is 23.7 Å². The van der Waals surface area contributed by atoms with Crippen LogP contribution < -0.4 is 10.6 Å². The van der Waals surface area contributed by atoms with Crippen molar-refractivity contribution in [2.24, 2.45) is 0 Å². The number of thioether (sulfide) groups is 1. The number of carbonyl (C=O) groups excluding carboxylic acids is 1. The third-order valence-corrected chi connectivity index (χ3v) is 4.50. The Morgan fingerprint density at radius 1 is 1.52 bits per heavy atom. The van der Waals surface area contributed by atoms with Crippen LogP contribution in [0.2, 0.25) is 5.02 Å². The molecule has 1 fully saturated rings. The van der Waals surface area contributed by atoms with E-state index in [-0.39, 0.29) is 11.9 Å². The van der Waals surface area contributed by atoms with Gasteiger partial charge in [-0.25, -0.2) is 4.68 Å². The van der Waals surface area contributed by atoms with Gasteiger partial charge in [0, 0.05) is 35.5 Å². The highest BCUT2D eigenvalue weighted by Gasteiger charge is 2.22. The molecule has 1 aliphatic heterocycles. The number of halogens is 1. The van der Waals surface area contributed by atoms with Crippen LogP contribution in [-0.2, 0) is 4.79 Å². The molecule has 1 aromatic carbocycles. The molecule has 0 bridgehead atoms. The van der Waals surface area contributed by atoms with Gasteiger partial charge in [0.05, 0.1) is 17.4 Å². The van der Waals surface area contributed by atoms with Crippen LogP contribution in [0.25, 0.3) is 5.69 Å². The van der Waals surface area contributed by atoms with Crippen LogP contribution in [0.15, 0.2) is 36.7 Å². The third kappa shape index (κ3) is 3.40. The van der Waals surface area contributed by atoms with E-state index in [9.17, 15) is 4.79 Å². The molecule has 0 aliphatic carbocycles. The van der Waals surface area contributed by atoms with Gasteiger partial charge in [0.25, 0.3) is 0 Å². The summed E-state index contributed by atoms with van der Waals surface area (Å²) in [5.41, 5.74) is 1.45. The fourth-order valence-corrected chi connectivity index (χ4v) is 3.28. The summed E-state index contributed by atoms with van der Waals surface area (Å²) in [5.74, 6) is 1.78. The Balaban J connectivity index is 1.84. The van der Waals surface area contributed by atoms with Gasteiger partial charge in [-0.05, 0) is 24.3 Å².